The number of fused-ring (bicyclic) bond motifs is 3. The number of carbonyl (C=O) groups is 1. The van der Waals surface area contributed by atoms with Gasteiger partial charge in [0, 0.05) is 61.3 Å². The number of carbonyl (C=O) groups excluding carboxylic acids is 1. The maximum Gasteiger partial charge on any atom is 0.504 e. The maximum absolute atomic E-state index is 13.5. The van der Waals surface area contributed by atoms with E-state index in [0.717, 1.165) is 30.9 Å². The SMILES string of the molecule is O=C([C@@H]1CC1(F)F)N1C2CCC1CN(c1ccnn3cc(-c4cnn(C(F)(F)F)c4)cc13)C2. The van der Waals surface area contributed by atoms with Crippen molar-refractivity contribution in [3.63, 3.8) is 0 Å². The molecular formula is C21H19F5N6O. The Balaban J connectivity index is 1.28. The largest absolute Gasteiger partial charge is 0.504 e. The normalized spacial score (nSPS) is 26.3. The number of anilines is 1. The number of alkyl halides is 5. The number of hydrogen-bond acceptors (Lipinski definition) is 4. The lowest BCUT2D eigenvalue weighted by atomic mass is 10.1. The minimum absolute atomic E-state index is 0.0453. The van der Waals surface area contributed by atoms with Gasteiger partial charge in [-0.25, -0.2) is 13.3 Å². The summed E-state index contributed by atoms with van der Waals surface area (Å²) >= 11 is 0. The first-order valence-electron chi connectivity index (χ1n) is 10.7. The molecule has 3 fully saturated rings. The van der Waals surface area contributed by atoms with E-state index in [-0.39, 0.29) is 23.2 Å². The number of rotatable bonds is 3. The van der Waals surface area contributed by atoms with Gasteiger partial charge in [0.15, 0.2) is 0 Å². The van der Waals surface area contributed by atoms with Gasteiger partial charge in [0.2, 0.25) is 5.91 Å². The number of halogens is 5. The zero-order valence-electron chi connectivity index (χ0n) is 17.2. The lowest BCUT2D eigenvalue weighted by Crippen LogP contribution is -2.56. The number of amides is 1. The summed E-state index contributed by atoms with van der Waals surface area (Å²) in [5, 5.41) is 7.66. The van der Waals surface area contributed by atoms with Crippen molar-refractivity contribution in [2.24, 2.45) is 5.92 Å². The smallest absolute Gasteiger partial charge is 0.366 e. The predicted molar refractivity (Wildman–Crippen MR) is 107 cm³/mol. The third-order valence-electron chi connectivity index (χ3n) is 6.86. The molecule has 2 bridgehead atoms. The number of aromatic nitrogens is 4. The van der Waals surface area contributed by atoms with Crippen LogP contribution in [0.15, 0.2) is 36.9 Å². The van der Waals surface area contributed by atoms with Crippen LogP contribution < -0.4 is 4.90 Å². The Morgan fingerprint density at radius 2 is 1.76 bits per heavy atom. The van der Waals surface area contributed by atoms with Crippen molar-refractivity contribution < 1.29 is 26.7 Å². The van der Waals surface area contributed by atoms with E-state index in [0.29, 0.717) is 29.7 Å². The summed E-state index contributed by atoms with van der Waals surface area (Å²) in [7, 11) is 0. The quantitative estimate of drug-likeness (QED) is 0.555. The van der Waals surface area contributed by atoms with Gasteiger partial charge in [-0.2, -0.15) is 14.9 Å². The number of hydrogen-bond donors (Lipinski definition) is 0. The van der Waals surface area contributed by atoms with Gasteiger partial charge >= 0.3 is 6.30 Å². The minimum atomic E-state index is -4.60. The first-order chi connectivity index (χ1) is 15.6. The standard InChI is InChI=1S/C21H19F5N6O/c22-20(23)6-16(20)19(33)32-14-1-2-15(32)11-29(10-14)17-3-4-27-30-8-12(5-18(17)30)13-7-28-31(9-13)21(24,25)26/h3-5,7-9,14-16H,1-2,6,10-11H2/t14?,15?,16-/m0/s1. The van der Waals surface area contributed by atoms with Gasteiger partial charge in [0.25, 0.3) is 5.92 Å². The Morgan fingerprint density at radius 3 is 2.36 bits per heavy atom. The van der Waals surface area contributed by atoms with E-state index in [4.69, 9.17) is 0 Å². The van der Waals surface area contributed by atoms with Crippen molar-refractivity contribution >= 4 is 17.1 Å². The lowest BCUT2D eigenvalue weighted by molar-refractivity contribution is -0.212. The highest BCUT2D eigenvalue weighted by Crippen LogP contribution is 2.51. The fourth-order valence-electron chi connectivity index (χ4n) is 5.16. The first-order valence-corrected chi connectivity index (χ1v) is 10.7. The predicted octanol–water partition coefficient (Wildman–Crippen LogP) is 3.51. The molecule has 0 aromatic carbocycles. The van der Waals surface area contributed by atoms with Crippen molar-refractivity contribution in [3.05, 3.63) is 36.9 Å². The van der Waals surface area contributed by atoms with Crippen LogP contribution in [0.1, 0.15) is 19.3 Å². The van der Waals surface area contributed by atoms with Crippen molar-refractivity contribution in [1.29, 1.82) is 0 Å². The second-order valence-electron chi connectivity index (χ2n) is 8.97. The molecule has 0 radical (unpaired) electrons. The van der Waals surface area contributed by atoms with Gasteiger partial charge in [0.05, 0.1) is 17.4 Å². The van der Waals surface area contributed by atoms with Crippen LogP contribution in [0.4, 0.5) is 27.6 Å². The van der Waals surface area contributed by atoms with E-state index in [2.05, 4.69) is 15.1 Å². The molecule has 3 atom stereocenters. The molecule has 33 heavy (non-hydrogen) atoms. The minimum Gasteiger partial charge on any atom is -0.366 e. The van der Waals surface area contributed by atoms with Crippen LogP contribution in [0.25, 0.3) is 16.6 Å². The number of nitrogens with zero attached hydrogens (tertiary/aromatic N) is 6. The monoisotopic (exact) mass is 466 g/mol. The molecule has 1 saturated carbocycles. The van der Waals surface area contributed by atoms with E-state index in [1.807, 2.05) is 6.07 Å². The lowest BCUT2D eigenvalue weighted by Gasteiger charge is -2.42. The van der Waals surface area contributed by atoms with Crippen LogP contribution in [0.2, 0.25) is 0 Å². The molecule has 3 aromatic rings. The van der Waals surface area contributed by atoms with E-state index in [9.17, 15) is 26.7 Å². The molecule has 1 aliphatic carbocycles. The molecule has 2 unspecified atom stereocenters. The molecule has 2 aliphatic heterocycles. The van der Waals surface area contributed by atoms with Crippen molar-refractivity contribution in [2.75, 3.05) is 18.0 Å². The molecule has 2 saturated heterocycles. The molecule has 0 spiro atoms. The Hall–Kier alpha value is -3.18. The Kier molecular flexibility index (Phi) is 4.13. The number of piperazine rings is 1. The fraction of sp³-hybridized carbons (Fsp3) is 0.476. The molecular weight excluding hydrogens is 447 g/mol. The summed E-state index contributed by atoms with van der Waals surface area (Å²) in [6, 6.07) is 3.30. The Morgan fingerprint density at radius 1 is 1.06 bits per heavy atom. The molecule has 0 N–H and O–H groups in total. The van der Waals surface area contributed by atoms with Gasteiger partial charge in [0.1, 0.15) is 5.92 Å². The van der Waals surface area contributed by atoms with Gasteiger partial charge in [-0.15, -0.1) is 13.2 Å². The molecule has 6 rings (SSSR count). The van der Waals surface area contributed by atoms with Gasteiger partial charge in [-0.3, -0.25) is 4.79 Å². The van der Waals surface area contributed by atoms with Crippen LogP contribution in [0.3, 0.4) is 0 Å². The van der Waals surface area contributed by atoms with Crippen molar-refractivity contribution in [1.82, 2.24) is 24.3 Å². The summed E-state index contributed by atoms with van der Waals surface area (Å²) < 4.78 is 67.2. The zero-order chi connectivity index (χ0) is 23.1. The molecule has 3 aliphatic rings. The van der Waals surface area contributed by atoms with E-state index in [1.165, 1.54) is 0 Å². The average Bonchev–Trinajstić information content (AvgIpc) is 3.18. The Labute approximate surface area is 184 Å². The molecule has 5 heterocycles. The third-order valence-corrected chi connectivity index (χ3v) is 6.86. The molecule has 3 aromatic heterocycles. The molecule has 174 valence electrons. The van der Waals surface area contributed by atoms with Gasteiger partial charge in [-0.05, 0) is 25.0 Å². The van der Waals surface area contributed by atoms with Crippen molar-refractivity contribution in [2.45, 2.75) is 43.6 Å². The van der Waals surface area contributed by atoms with Crippen LogP contribution in [0.5, 0.6) is 0 Å². The van der Waals surface area contributed by atoms with E-state index < -0.39 is 24.0 Å². The molecule has 12 heteroatoms. The van der Waals surface area contributed by atoms with E-state index >= 15 is 0 Å². The summed E-state index contributed by atoms with van der Waals surface area (Å²) in [6.45, 7) is 1.01. The third kappa shape index (κ3) is 3.25. The van der Waals surface area contributed by atoms with Crippen molar-refractivity contribution in [3.8, 4) is 11.1 Å². The van der Waals surface area contributed by atoms with E-state index in [1.54, 1.807) is 27.9 Å². The topological polar surface area (TPSA) is 58.7 Å². The van der Waals surface area contributed by atoms with Crippen LogP contribution in [-0.2, 0) is 11.1 Å². The van der Waals surface area contributed by atoms with Crippen LogP contribution in [0, 0.1) is 5.92 Å². The fourth-order valence-corrected chi connectivity index (χ4v) is 5.16. The van der Waals surface area contributed by atoms with Crippen LogP contribution in [-0.4, -0.2) is 61.3 Å². The summed E-state index contributed by atoms with van der Waals surface area (Å²) in [6.07, 6.45) is 1.88. The molecule has 1 amide bonds. The summed E-state index contributed by atoms with van der Waals surface area (Å²) in [4.78, 5) is 16.4. The summed E-state index contributed by atoms with van der Waals surface area (Å²) in [5.74, 6) is -4.52. The van der Waals surface area contributed by atoms with Gasteiger partial charge < -0.3 is 9.80 Å². The maximum atomic E-state index is 13.5. The van der Waals surface area contributed by atoms with Crippen LogP contribution >= 0.6 is 0 Å². The second kappa shape index (κ2) is 6.67. The highest BCUT2D eigenvalue weighted by atomic mass is 19.4. The van der Waals surface area contributed by atoms with Gasteiger partial charge in [-0.1, -0.05) is 0 Å². The average molecular weight is 466 g/mol. The summed E-state index contributed by atoms with van der Waals surface area (Å²) in [5.41, 5.74) is 2.39. The zero-order valence-corrected chi connectivity index (χ0v) is 17.2. The highest BCUT2D eigenvalue weighted by Gasteiger charge is 2.64. The second-order valence-corrected chi connectivity index (χ2v) is 8.97. The first kappa shape index (κ1) is 20.4. The highest BCUT2D eigenvalue weighted by molar-refractivity contribution is 5.85. The Bertz CT molecular complexity index is 1240. The molecule has 7 nitrogen and oxygen atoms in total.